The van der Waals surface area contributed by atoms with E-state index >= 15 is 0 Å². The minimum Gasteiger partial charge on any atom is -0.463 e. The zero-order valence-corrected chi connectivity index (χ0v) is 19.7. The molecule has 3 aromatic rings. The Balaban J connectivity index is 1.27. The molecule has 0 aromatic heterocycles. The second-order valence-corrected chi connectivity index (χ2v) is 9.14. The molecule has 2 aliphatic heterocycles. The van der Waals surface area contributed by atoms with Gasteiger partial charge < -0.3 is 14.4 Å². The molecular formula is C30H27NO3. The Kier molecular flexibility index (Phi) is 5.42. The molecule has 3 aromatic carbocycles. The summed E-state index contributed by atoms with van der Waals surface area (Å²) in [6, 6.07) is 23.5. The molecule has 4 heteroatoms. The maximum Gasteiger partial charge on any atom is 0.338 e. The Hall–Kier alpha value is -3.97. The molecule has 2 aliphatic rings. The van der Waals surface area contributed by atoms with E-state index in [0.29, 0.717) is 12.0 Å². The molecular weight excluding hydrogens is 422 g/mol. The van der Waals surface area contributed by atoms with E-state index in [1.54, 1.807) is 12.1 Å². The van der Waals surface area contributed by atoms with Crippen molar-refractivity contribution in [2.75, 3.05) is 18.6 Å². The van der Waals surface area contributed by atoms with Gasteiger partial charge in [0.25, 0.3) is 0 Å². The second-order valence-electron chi connectivity index (χ2n) is 9.14. The normalized spacial score (nSPS) is 19.0. The Morgan fingerprint density at radius 3 is 2.59 bits per heavy atom. The number of anilines is 1. The van der Waals surface area contributed by atoms with E-state index < -0.39 is 5.72 Å². The highest BCUT2D eigenvalue weighted by Gasteiger charge is 2.57. The summed E-state index contributed by atoms with van der Waals surface area (Å²) in [5.74, 6) is 6.78. The first-order valence-electron chi connectivity index (χ1n) is 11.5. The number of ether oxygens (including phenoxy) is 2. The molecule has 0 amide bonds. The SMILES string of the molecule is CN1c2ccccc2C(C)(C)C12C=Cc1cc(C#CCCOC(=O)c3ccccc3)ccc1O2. The maximum absolute atomic E-state index is 12.0. The predicted molar refractivity (Wildman–Crippen MR) is 135 cm³/mol. The number of hydrogen-bond acceptors (Lipinski definition) is 4. The quantitative estimate of drug-likeness (QED) is 0.287. The first-order valence-corrected chi connectivity index (χ1v) is 11.5. The predicted octanol–water partition coefficient (Wildman–Crippen LogP) is 5.81. The fourth-order valence-electron chi connectivity index (χ4n) is 4.87. The summed E-state index contributed by atoms with van der Waals surface area (Å²) in [7, 11) is 2.09. The molecule has 0 fully saturated rings. The molecule has 0 bridgehead atoms. The summed E-state index contributed by atoms with van der Waals surface area (Å²) in [6.07, 6.45) is 4.77. The highest BCUT2D eigenvalue weighted by molar-refractivity contribution is 5.89. The largest absolute Gasteiger partial charge is 0.463 e. The molecule has 0 saturated heterocycles. The van der Waals surface area contributed by atoms with Crippen LogP contribution in [0, 0.1) is 11.8 Å². The van der Waals surface area contributed by atoms with Crippen molar-refractivity contribution in [3.05, 3.63) is 101 Å². The number of fused-ring (bicyclic) bond motifs is 2. The third-order valence-corrected chi connectivity index (χ3v) is 6.80. The van der Waals surface area contributed by atoms with Gasteiger partial charge in [0, 0.05) is 30.3 Å². The topological polar surface area (TPSA) is 38.8 Å². The molecule has 1 unspecified atom stereocenters. The molecule has 1 atom stereocenters. The van der Waals surface area contributed by atoms with Crippen molar-refractivity contribution >= 4 is 17.7 Å². The molecule has 34 heavy (non-hydrogen) atoms. The Morgan fingerprint density at radius 1 is 1.03 bits per heavy atom. The van der Waals surface area contributed by atoms with Crippen LogP contribution in [0.4, 0.5) is 5.69 Å². The molecule has 1 spiro atoms. The molecule has 2 heterocycles. The van der Waals surface area contributed by atoms with E-state index in [0.717, 1.165) is 16.9 Å². The van der Waals surface area contributed by atoms with Crippen LogP contribution in [-0.2, 0) is 10.2 Å². The van der Waals surface area contributed by atoms with Gasteiger partial charge in [-0.25, -0.2) is 4.79 Å². The number of rotatable bonds is 3. The van der Waals surface area contributed by atoms with Crippen LogP contribution in [0.1, 0.15) is 47.3 Å². The summed E-state index contributed by atoms with van der Waals surface area (Å²) in [5.41, 5.74) is 4.13. The smallest absolute Gasteiger partial charge is 0.338 e. The van der Waals surface area contributed by atoms with Crippen molar-refractivity contribution in [3.63, 3.8) is 0 Å². The lowest BCUT2D eigenvalue weighted by Gasteiger charge is -2.45. The van der Waals surface area contributed by atoms with Crippen LogP contribution >= 0.6 is 0 Å². The maximum atomic E-state index is 12.0. The molecule has 0 aliphatic carbocycles. The minimum absolute atomic E-state index is 0.220. The number of esters is 1. The Bertz CT molecular complexity index is 1330. The van der Waals surface area contributed by atoms with Gasteiger partial charge in [-0.05, 0) is 68.0 Å². The fourth-order valence-corrected chi connectivity index (χ4v) is 4.87. The lowest BCUT2D eigenvalue weighted by molar-refractivity contribution is 0.0513. The molecule has 0 radical (unpaired) electrons. The van der Waals surface area contributed by atoms with Gasteiger partial charge in [0.05, 0.1) is 11.0 Å². The number of benzene rings is 3. The number of carbonyl (C=O) groups is 1. The van der Waals surface area contributed by atoms with Crippen molar-refractivity contribution in [2.45, 2.75) is 31.4 Å². The Labute approximate surface area is 200 Å². The van der Waals surface area contributed by atoms with Gasteiger partial charge in [-0.2, -0.15) is 0 Å². The van der Waals surface area contributed by atoms with Gasteiger partial charge >= 0.3 is 5.97 Å². The molecule has 4 nitrogen and oxygen atoms in total. The van der Waals surface area contributed by atoms with Gasteiger partial charge in [0.15, 0.2) is 0 Å². The van der Waals surface area contributed by atoms with Gasteiger partial charge in [-0.15, -0.1) is 0 Å². The average Bonchev–Trinajstić information content (AvgIpc) is 3.02. The Morgan fingerprint density at radius 2 is 1.79 bits per heavy atom. The summed E-state index contributed by atoms with van der Waals surface area (Å²) in [6.45, 7) is 4.73. The molecule has 0 N–H and O–H groups in total. The highest BCUT2D eigenvalue weighted by Crippen LogP contribution is 2.54. The van der Waals surface area contributed by atoms with Gasteiger partial charge in [0.2, 0.25) is 5.72 Å². The second kappa shape index (κ2) is 8.43. The minimum atomic E-state index is -0.584. The summed E-state index contributed by atoms with van der Waals surface area (Å²) in [5, 5.41) is 0. The molecule has 5 rings (SSSR count). The van der Waals surface area contributed by atoms with Crippen LogP contribution in [0.15, 0.2) is 78.9 Å². The van der Waals surface area contributed by atoms with Crippen LogP contribution in [0.2, 0.25) is 0 Å². The first kappa shape index (κ1) is 21.9. The zero-order chi connectivity index (χ0) is 23.8. The van der Waals surface area contributed by atoms with Gasteiger partial charge in [-0.3, -0.25) is 0 Å². The van der Waals surface area contributed by atoms with Gasteiger partial charge in [-0.1, -0.05) is 48.2 Å². The zero-order valence-electron chi connectivity index (χ0n) is 19.7. The third-order valence-electron chi connectivity index (χ3n) is 6.80. The number of nitrogens with zero attached hydrogens (tertiary/aromatic N) is 1. The van der Waals surface area contributed by atoms with Crippen molar-refractivity contribution in [3.8, 4) is 17.6 Å². The van der Waals surface area contributed by atoms with Crippen molar-refractivity contribution < 1.29 is 14.3 Å². The third kappa shape index (κ3) is 3.54. The summed E-state index contributed by atoms with van der Waals surface area (Å²) in [4.78, 5) is 14.2. The summed E-state index contributed by atoms with van der Waals surface area (Å²) < 4.78 is 12.0. The van der Waals surface area contributed by atoms with Crippen LogP contribution in [0.5, 0.6) is 5.75 Å². The van der Waals surface area contributed by atoms with Crippen molar-refractivity contribution in [1.82, 2.24) is 0 Å². The van der Waals surface area contributed by atoms with Crippen LogP contribution in [0.3, 0.4) is 0 Å². The van der Waals surface area contributed by atoms with E-state index in [9.17, 15) is 4.79 Å². The monoisotopic (exact) mass is 449 g/mol. The summed E-state index contributed by atoms with van der Waals surface area (Å²) >= 11 is 0. The van der Waals surface area contributed by atoms with Crippen LogP contribution in [-0.4, -0.2) is 25.3 Å². The lowest BCUT2D eigenvalue weighted by atomic mass is 9.76. The number of hydrogen-bond donors (Lipinski definition) is 0. The standard InChI is InChI=1S/C30H27NO3/c1-29(2)25-14-7-8-15-26(25)31(3)30(29)19-18-24-21-22(16-17-27(24)34-30)11-9-10-20-33-28(32)23-12-5-4-6-13-23/h4-8,12-19,21H,10,20H2,1-3H3. The fraction of sp³-hybridized carbons (Fsp3) is 0.233. The van der Waals surface area contributed by atoms with E-state index in [1.165, 1.54) is 11.3 Å². The van der Waals surface area contributed by atoms with Crippen LogP contribution in [0.25, 0.3) is 6.08 Å². The van der Waals surface area contributed by atoms with E-state index in [2.05, 4.69) is 74.1 Å². The van der Waals surface area contributed by atoms with Crippen molar-refractivity contribution in [1.29, 1.82) is 0 Å². The number of carbonyl (C=O) groups excluding carboxylic acids is 1. The number of likely N-dealkylation sites (N-methyl/N-ethyl adjacent to an activating group) is 1. The lowest BCUT2D eigenvalue weighted by Crippen LogP contribution is -2.58. The average molecular weight is 450 g/mol. The van der Waals surface area contributed by atoms with E-state index in [4.69, 9.17) is 9.47 Å². The molecule has 0 saturated carbocycles. The molecule has 170 valence electrons. The van der Waals surface area contributed by atoms with Crippen LogP contribution < -0.4 is 9.64 Å². The van der Waals surface area contributed by atoms with E-state index in [-0.39, 0.29) is 18.0 Å². The number of para-hydroxylation sites is 1. The highest BCUT2D eigenvalue weighted by atomic mass is 16.5. The van der Waals surface area contributed by atoms with E-state index in [1.807, 2.05) is 36.4 Å². The van der Waals surface area contributed by atoms with Gasteiger partial charge in [0.1, 0.15) is 12.4 Å². The van der Waals surface area contributed by atoms with Crippen molar-refractivity contribution in [2.24, 2.45) is 0 Å². The first-order chi connectivity index (χ1) is 16.4.